The van der Waals surface area contributed by atoms with Crippen LogP contribution in [0.25, 0.3) is 0 Å². The Morgan fingerprint density at radius 3 is 2.45 bits per heavy atom. The van der Waals surface area contributed by atoms with Gasteiger partial charge in [0.25, 0.3) is 0 Å². The fourth-order valence-electron chi connectivity index (χ4n) is 3.54. The van der Waals surface area contributed by atoms with Crippen LogP contribution in [0.5, 0.6) is 0 Å². The molecule has 1 saturated carbocycles. The molecule has 0 radical (unpaired) electrons. The number of aliphatic imine (C=N–C) groups is 1. The van der Waals surface area contributed by atoms with Gasteiger partial charge in [-0.3, -0.25) is 9.98 Å². The Kier molecular flexibility index (Phi) is 7.90. The Labute approximate surface area is 186 Å². The number of rotatable bonds is 5. The second kappa shape index (κ2) is 9.77. The number of pyridine rings is 1. The number of aryl methyl sites for hydroxylation is 1. The average Bonchev–Trinajstić information content (AvgIpc) is 2.63. The zero-order valence-electron chi connectivity index (χ0n) is 16.5. The lowest BCUT2D eigenvalue weighted by Gasteiger charge is -2.43. The molecule has 1 fully saturated rings. The van der Waals surface area contributed by atoms with Crippen molar-refractivity contribution in [3.05, 3.63) is 65.0 Å². The first-order valence-electron chi connectivity index (χ1n) is 9.37. The lowest BCUT2D eigenvalue weighted by atomic mass is 9.64. The van der Waals surface area contributed by atoms with Crippen molar-refractivity contribution in [2.24, 2.45) is 4.99 Å². The Hall–Kier alpha value is -1.84. The minimum atomic E-state index is -4.33. The molecule has 4 nitrogen and oxygen atoms in total. The minimum Gasteiger partial charge on any atom is -0.356 e. The van der Waals surface area contributed by atoms with Crippen molar-refractivity contribution < 1.29 is 13.2 Å². The molecule has 1 aliphatic carbocycles. The van der Waals surface area contributed by atoms with Crippen molar-refractivity contribution >= 4 is 29.9 Å². The summed E-state index contributed by atoms with van der Waals surface area (Å²) in [7, 11) is 1.68. The molecule has 0 aliphatic heterocycles. The highest BCUT2D eigenvalue weighted by atomic mass is 127. The van der Waals surface area contributed by atoms with E-state index in [0.717, 1.165) is 42.3 Å². The molecule has 29 heavy (non-hydrogen) atoms. The molecule has 158 valence electrons. The van der Waals surface area contributed by atoms with Crippen LogP contribution >= 0.6 is 24.0 Å². The van der Waals surface area contributed by atoms with Gasteiger partial charge < -0.3 is 10.6 Å². The van der Waals surface area contributed by atoms with Crippen LogP contribution in [0, 0.1) is 6.92 Å². The van der Waals surface area contributed by atoms with Gasteiger partial charge in [0.2, 0.25) is 0 Å². The molecular weight excluding hydrogens is 492 g/mol. The lowest BCUT2D eigenvalue weighted by molar-refractivity contribution is -0.137. The van der Waals surface area contributed by atoms with Gasteiger partial charge in [-0.15, -0.1) is 24.0 Å². The van der Waals surface area contributed by atoms with Crippen molar-refractivity contribution in [3.8, 4) is 0 Å². The van der Waals surface area contributed by atoms with E-state index in [-0.39, 0.29) is 29.4 Å². The van der Waals surface area contributed by atoms with E-state index in [4.69, 9.17) is 0 Å². The largest absolute Gasteiger partial charge is 0.416 e. The molecule has 0 unspecified atom stereocenters. The van der Waals surface area contributed by atoms with E-state index >= 15 is 0 Å². The Morgan fingerprint density at radius 2 is 1.86 bits per heavy atom. The Balaban J connectivity index is 0.00000300. The normalized spacial score (nSPS) is 15.8. The van der Waals surface area contributed by atoms with Gasteiger partial charge in [-0.25, -0.2) is 0 Å². The van der Waals surface area contributed by atoms with Crippen LogP contribution < -0.4 is 10.6 Å². The first-order chi connectivity index (χ1) is 13.3. The van der Waals surface area contributed by atoms with Gasteiger partial charge >= 0.3 is 6.18 Å². The van der Waals surface area contributed by atoms with Crippen molar-refractivity contribution in [2.75, 3.05) is 13.6 Å². The number of hydrogen-bond acceptors (Lipinski definition) is 2. The summed E-state index contributed by atoms with van der Waals surface area (Å²) < 4.78 is 39.3. The fraction of sp³-hybridized carbons (Fsp3) is 0.429. The maximum Gasteiger partial charge on any atom is 0.416 e. The van der Waals surface area contributed by atoms with Crippen molar-refractivity contribution in [3.63, 3.8) is 0 Å². The predicted octanol–water partition coefficient (Wildman–Crippen LogP) is 4.81. The third kappa shape index (κ3) is 5.83. The van der Waals surface area contributed by atoms with Gasteiger partial charge in [-0.1, -0.05) is 30.7 Å². The van der Waals surface area contributed by atoms with Gasteiger partial charge in [-0.2, -0.15) is 13.2 Å². The van der Waals surface area contributed by atoms with E-state index in [1.165, 1.54) is 12.1 Å². The number of nitrogens with one attached hydrogen (secondary N) is 2. The summed E-state index contributed by atoms with van der Waals surface area (Å²) in [5.74, 6) is 0.613. The van der Waals surface area contributed by atoms with E-state index < -0.39 is 11.7 Å². The van der Waals surface area contributed by atoms with Crippen LogP contribution in [-0.4, -0.2) is 24.5 Å². The topological polar surface area (TPSA) is 49.3 Å². The number of nitrogens with zero attached hydrogens (tertiary/aromatic N) is 2. The number of alkyl halides is 3. The first kappa shape index (κ1) is 23.4. The minimum absolute atomic E-state index is 0. The van der Waals surface area contributed by atoms with E-state index in [9.17, 15) is 13.2 Å². The highest BCUT2D eigenvalue weighted by Gasteiger charge is 2.40. The molecule has 0 spiro atoms. The third-order valence-corrected chi connectivity index (χ3v) is 5.31. The van der Waals surface area contributed by atoms with E-state index in [2.05, 4.69) is 20.6 Å². The molecule has 8 heteroatoms. The highest BCUT2D eigenvalue weighted by molar-refractivity contribution is 14.0. The van der Waals surface area contributed by atoms with Crippen LogP contribution in [0.1, 0.15) is 41.8 Å². The summed E-state index contributed by atoms with van der Waals surface area (Å²) in [6.45, 7) is 3.00. The molecule has 1 aromatic carbocycles. The zero-order valence-corrected chi connectivity index (χ0v) is 18.8. The van der Waals surface area contributed by atoms with Crippen LogP contribution in [0.2, 0.25) is 0 Å². The molecule has 0 saturated heterocycles. The number of benzene rings is 1. The molecule has 2 N–H and O–H groups in total. The summed E-state index contributed by atoms with van der Waals surface area (Å²) in [4.78, 5) is 8.67. The van der Waals surface area contributed by atoms with Gasteiger partial charge in [0.15, 0.2) is 5.96 Å². The maximum atomic E-state index is 13.1. The molecular formula is C21H26F3IN4. The summed E-state index contributed by atoms with van der Waals surface area (Å²) in [5, 5.41) is 6.50. The number of halogens is 4. The molecule has 0 atom stereocenters. The smallest absolute Gasteiger partial charge is 0.356 e. The summed E-state index contributed by atoms with van der Waals surface area (Å²) in [5.41, 5.74) is 1.70. The van der Waals surface area contributed by atoms with Gasteiger partial charge in [0.1, 0.15) is 0 Å². The second-order valence-corrected chi connectivity index (χ2v) is 7.26. The summed E-state index contributed by atoms with van der Waals surface area (Å²) in [6, 6.07) is 11.5. The molecule has 3 rings (SSSR count). The molecule has 1 heterocycles. The molecule has 1 aromatic heterocycles. The van der Waals surface area contributed by atoms with Gasteiger partial charge in [0.05, 0.1) is 17.8 Å². The fourth-order valence-corrected chi connectivity index (χ4v) is 3.54. The van der Waals surface area contributed by atoms with Crippen LogP contribution in [0.3, 0.4) is 0 Å². The molecule has 1 aliphatic rings. The van der Waals surface area contributed by atoms with E-state index in [1.54, 1.807) is 13.1 Å². The third-order valence-electron chi connectivity index (χ3n) is 5.31. The van der Waals surface area contributed by atoms with Crippen molar-refractivity contribution in [2.45, 2.75) is 44.3 Å². The van der Waals surface area contributed by atoms with Crippen LogP contribution in [-0.2, 0) is 18.1 Å². The van der Waals surface area contributed by atoms with E-state index in [0.29, 0.717) is 19.0 Å². The Bertz CT molecular complexity index is 848. The molecule has 2 aromatic rings. The van der Waals surface area contributed by atoms with Crippen LogP contribution in [0.4, 0.5) is 13.2 Å². The average molecular weight is 518 g/mol. The SMILES string of the molecule is CN=C(NCc1cccc(C)n1)NCC1(c2cccc(C(F)(F)F)c2)CCC1.I. The van der Waals surface area contributed by atoms with E-state index in [1.807, 2.05) is 25.1 Å². The highest BCUT2D eigenvalue weighted by Crippen LogP contribution is 2.44. The van der Waals surface area contributed by atoms with Crippen LogP contribution in [0.15, 0.2) is 47.5 Å². The van der Waals surface area contributed by atoms with Crippen molar-refractivity contribution in [1.82, 2.24) is 15.6 Å². The molecule has 0 amide bonds. The second-order valence-electron chi connectivity index (χ2n) is 7.26. The quantitative estimate of drug-likeness (QED) is 0.340. The standard InChI is InChI=1S/C21H25F3N4.HI/c1-15-6-3-9-18(28-15)13-26-19(25-2)27-14-20(10-5-11-20)16-7-4-8-17(12-16)21(22,23)24;/h3-4,6-9,12H,5,10-11,13-14H2,1-2H3,(H2,25,26,27);1H. The lowest BCUT2D eigenvalue weighted by Crippen LogP contribution is -2.48. The van der Waals surface area contributed by atoms with Gasteiger partial charge in [-0.05, 0) is 43.5 Å². The number of guanidine groups is 1. The number of aromatic nitrogens is 1. The monoisotopic (exact) mass is 518 g/mol. The zero-order chi connectivity index (χ0) is 20.2. The summed E-state index contributed by atoms with van der Waals surface area (Å²) in [6.07, 6.45) is -1.60. The number of hydrogen-bond donors (Lipinski definition) is 2. The van der Waals surface area contributed by atoms with Gasteiger partial charge in [0, 0.05) is 24.7 Å². The van der Waals surface area contributed by atoms with Crippen molar-refractivity contribution in [1.29, 1.82) is 0 Å². The first-order valence-corrected chi connectivity index (χ1v) is 9.37. The predicted molar refractivity (Wildman–Crippen MR) is 120 cm³/mol. The summed E-state index contributed by atoms with van der Waals surface area (Å²) >= 11 is 0. The maximum absolute atomic E-state index is 13.1. The molecule has 0 bridgehead atoms. The Morgan fingerprint density at radius 1 is 1.14 bits per heavy atom.